The summed E-state index contributed by atoms with van der Waals surface area (Å²) in [5.74, 6) is 1.85. The molecule has 7 nitrogen and oxygen atoms in total. The highest BCUT2D eigenvalue weighted by molar-refractivity contribution is 5.91. The van der Waals surface area contributed by atoms with Crippen LogP contribution in [0.3, 0.4) is 0 Å². The third-order valence-corrected chi connectivity index (χ3v) is 4.28. The van der Waals surface area contributed by atoms with Gasteiger partial charge in [-0.3, -0.25) is 4.79 Å². The summed E-state index contributed by atoms with van der Waals surface area (Å²) in [6, 6.07) is 8.87. The van der Waals surface area contributed by atoms with Gasteiger partial charge in [-0.2, -0.15) is 10.4 Å². The number of nitrogens with one attached hydrogen (secondary N) is 1. The van der Waals surface area contributed by atoms with Crippen LogP contribution in [-0.4, -0.2) is 29.4 Å². The molecule has 3 rings (SSSR count). The quantitative estimate of drug-likeness (QED) is 0.837. The standard InChI is InChI=1S/C18H20N4O3/c1-12(14-4-5-14)22-17(7-8-20-22)21-18(23)11-25-15-6-3-13(10-19)9-16(15)24-2/h3,6-9,12,14H,4-5,11H2,1-2H3,(H,21,23). The molecule has 1 aliphatic rings. The van der Waals surface area contributed by atoms with E-state index < -0.39 is 0 Å². The van der Waals surface area contributed by atoms with Crippen molar-refractivity contribution in [2.24, 2.45) is 5.92 Å². The molecule has 1 amide bonds. The minimum Gasteiger partial charge on any atom is -0.493 e. The van der Waals surface area contributed by atoms with Gasteiger partial charge >= 0.3 is 0 Å². The summed E-state index contributed by atoms with van der Waals surface area (Å²) in [6.07, 6.45) is 4.09. The van der Waals surface area contributed by atoms with Crippen molar-refractivity contribution < 1.29 is 14.3 Å². The molecule has 0 saturated heterocycles. The largest absolute Gasteiger partial charge is 0.493 e. The fraction of sp³-hybridized carbons (Fsp3) is 0.389. The molecule has 25 heavy (non-hydrogen) atoms. The SMILES string of the molecule is COc1cc(C#N)ccc1OCC(=O)Nc1ccnn1C(C)C1CC1. The molecule has 2 aromatic rings. The predicted octanol–water partition coefficient (Wildman–Crippen LogP) is 2.75. The summed E-state index contributed by atoms with van der Waals surface area (Å²) >= 11 is 0. The molecule has 0 aliphatic heterocycles. The maximum atomic E-state index is 12.2. The summed E-state index contributed by atoms with van der Waals surface area (Å²) in [5, 5.41) is 16.0. The molecule has 1 atom stereocenters. The molecule has 1 unspecified atom stereocenters. The topological polar surface area (TPSA) is 89.2 Å². The van der Waals surface area contributed by atoms with E-state index in [2.05, 4.69) is 17.3 Å². The Balaban J connectivity index is 1.61. The normalized spacial score (nSPS) is 14.4. The fourth-order valence-electron chi connectivity index (χ4n) is 2.69. The Labute approximate surface area is 146 Å². The Morgan fingerprint density at radius 1 is 1.44 bits per heavy atom. The Morgan fingerprint density at radius 3 is 2.92 bits per heavy atom. The maximum absolute atomic E-state index is 12.2. The second kappa shape index (κ2) is 7.26. The second-order valence-corrected chi connectivity index (χ2v) is 6.05. The van der Waals surface area contributed by atoms with Crippen LogP contribution in [-0.2, 0) is 4.79 Å². The van der Waals surface area contributed by atoms with Crippen molar-refractivity contribution in [2.45, 2.75) is 25.8 Å². The van der Waals surface area contributed by atoms with Crippen molar-refractivity contribution in [1.82, 2.24) is 9.78 Å². The Kier molecular flexibility index (Phi) is 4.89. The fourth-order valence-corrected chi connectivity index (χ4v) is 2.69. The van der Waals surface area contributed by atoms with Crippen LogP contribution in [0, 0.1) is 17.2 Å². The van der Waals surface area contributed by atoms with Gasteiger partial charge in [0, 0.05) is 12.1 Å². The zero-order valence-electron chi connectivity index (χ0n) is 14.2. The number of carbonyl (C=O) groups is 1. The molecule has 1 fully saturated rings. The van der Waals surface area contributed by atoms with E-state index in [1.807, 2.05) is 10.8 Å². The molecule has 0 radical (unpaired) electrons. The number of hydrogen-bond acceptors (Lipinski definition) is 5. The van der Waals surface area contributed by atoms with Crippen molar-refractivity contribution in [2.75, 3.05) is 19.0 Å². The molecular weight excluding hydrogens is 320 g/mol. The number of nitrogens with zero attached hydrogens (tertiary/aromatic N) is 3. The van der Waals surface area contributed by atoms with E-state index in [9.17, 15) is 4.79 Å². The van der Waals surface area contributed by atoms with Gasteiger partial charge in [0.2, 0.25) is 0 Å². The van der Waals surface area contributed by atoms with E-state index in [1.165, 1.54) is 20.0 Å². The van der Waals surface area contributed by atoms with Crippen molar-refractivity contribution in [3.8, 4) is 17.6 Å². The van der Waals surface area contributed by atoms with Crippen molar-refractivity contribution >= 4 is 11.7 Å². The lowest BCUT2D eigenvalue weighted by Crippen LogP contribution is -2.23. The smallest absolute Gasteiger partial charge is 0.263 e. The molecule has 7 heteroatoms. The molecule has 1 heterocycles. The van der Waals surface area contributed by atoms with E-state index in [1.54, 1.807) is 30.5 Å². The van der Waals surface area contributed by atoms with Gasteiger partial charge in [0.05, 0.1) is 31.0 Å². The second-order valence-electron chi connectivity index (χ2n) is 6.05. The monoisotopic (exact) mass is 340 g/mol. The lowest BCUT2D eigenvalue weighted by Gasteiger charge is -2.15. The van der Waals surface area contributed by atoms with Gasteiger partial charge in [-0.25, -0.2) is 4.68 Å². The van der Waals surface area contributed by atoms with Gasteiger partial charge in [-0.05, 0) is 37.8 Å². The van der Waals surface area contributed by atoms with Crippen LogP contribution in [0.2, 0.25) is 0 Å². The van der Waals surface area contributed by atoms with E-state index >= 15 is 0 Å². The predicted molar refractivity (Wildman–Crippen MR) is 91.5 cm³/mol. The van der Waals surface area contributed by atoms with Crippen LogP contribution in [0.5, 0.6) is 11.5 Å². The zero-order chi connectivity index (χ0) is 17.8. The van der Waals surface area contributed by atoms with Crippen LogP contribution in [0.15, 0.2) is 30.5 Å². The number of benzene rings is 1. The van der Waals surface area contributed by atoms with Crippen molar-refractivity contribution in [3.63, 3.8) is 0 Å². The molecular formula is C18H20N4O3. The molecule has 130 valence electrons. The highest BCUT2D eigenvalue weighted by Crippen LogP contribution is 2.40. The lowest BCUT2D eigenvalue weighted by atomic mass is 10.2. The van der Waals surface area contributed by atoms with Gasteiger partial charge in [0.15, 0.2) is 18.1 Å². The van der Waals surface area contributed by atoms with Crippen LogP contribution in [0.4, 0.5) is 5.82 Å². The molecule has 1 aromatic carbocycles. The van der Waals surface area contributed by atoms with E-state index in [0.29, 0.717) is 28.8 Å². The Bertz CT molecular complexity index is 805. The van der Waals surface area contributed by atoms with Crippen LogP contribution < -0.4 is 14.8 Å². The number of carbonyl (C=O) groups excluding carboxylic acids is 1. The number of hydrogen-bond donors (Lipinski definition) is 1. The number of methoxy groups -OCH3 is 1. The molecule has 0 spiro atoms. The molecule has 0 bridgehead atoms. The average Bonchev–Trinajstić information content (AvgIpc) is 3.39. The third-order valence-electron chi connectivity index (χ3n) is 4.28. The summed E-state index contributed by atoms with van der Waals surface area (Å²) < 4.78 is 12.6. The van der Waals surface area contributed by atoms with Gasteiger partial charge in [-0.15, -0.1) is 0 Å². The molecule has 1 aromatic heterocycles. The first kappa shape index (κ1) is 16.8. The summed E-state index contributed by atoms with van der Waals surface area (Å²) in [5.41, 5.74) is 0.464. The Hall–Kier alpha value is -3.01. The first-order valence-electron chi connectivity index (χ1n) is 8.16. The molecule has 1 saturated carbocycles. The number of ether oxygens (including phenoxy) is 2. The van der Waals surface area contributed by atoms with E-state index in [-0.39, 0.29) is 18.6 Å². The van der Waals surface area contributed by atoms with Crippen LogP contribution in [0.1, 0.15) is 31.4 Å². The van der Waals surface area contributed by atoms with E-state index in [4.69, 9.17) is 14.7 Å². The first-order valence-corrected chi connectivity index (χ1v) is 8.16. The zero-order valence-corrected chi connectivity index (χ0v) is 14.2. The first-order chi connectivity index (χ1) is 12.1. The van der Waals surface area contributed by atoms with Crippen molar-refractivity contribution in [1.29, 1.82) is 5.26 Å². The number of amides is 1. The number of rotatable bonds is 7. The van der Waals surface area contributed by atoms with Crippen molar-refractivity contribution in [3.05, 3.63) is 36.0 Å². The van der Waals surface area contributed by atoms with Gasteiger partial charge in [0.1, 0.15) is 5.82 Å². The number of nitriles is 1. The average molecular weight is 340 g/mol. The van der Waals surface area contributed by atoms with Crippen LogP contribution in [0.25, 0.3) is 0 Å². The third kappa shape index (κ3) is 3.91. The lowest BCUT2D eigenvalue weighted by molar-refractivity contribution is -0.118. The molecule has 1 aliphatic carbocycles. The number of aromatic nitrogens is 2. The summed E-state index contributed by atoms with van der Waals surface area (Å²) in [6.45, 7) is 1.95. The molecule has 1 N–H and O–H groups in total. The number of anilines is 1. The minimum atomic E-state index is -0.281. The van der Waals surface area contributed by atoms with Gasteiger partial charge < -0.3 is 14.8 Å². The Morgan fingerprint density at radius 2 is 2.24 bits per heavy atom. The highest BCUT2D eigenvalue weighted by Gasteiger charge is 2.30. The van der Waals surface area contributed by atoms with Crippen LogP contribution >= 0.6 is 0 Å². The maximum Gasteiger partial charge on any atom is 0.263 e. The highest BCUT2D eigenvalue weighted by atomic mass is 16.5. The summed E-state index contributed by atoms with van der Waals surface area (Å²) in [4.78, 5) is 12.2. The summed E-state index contributed by atoms with van der Waals surface area (Å²) in [7, 11) is 1.49. The van der Waals surface area contributed by atoms with Gasteiger partial charge in [0.25, 0.3) is 5.91 Å². The minimum absolute atomic E-state index is 0.161. The van der Waals surface area contributed by atoms with E-state index in [0.717, 1.165) is 0 Å². The van der Waals surface area contributed by atoms with Gasteiger partial charge in [-0.1, -0.05) is 0 Å².